The van der Waals surface area contributed by atoms with Crippen molar-refractivity contribution in [3.8, 4) is 23.0 Å². The number of aromatic nitrogens is 1. The first kappa shape index (κ1) is 38.2. The van der Waals surface area contributed by atoms with E-state index in [1.54, 1.807) is 57.2 Å². The van der Waals surface area contributed by atoms with Gasteiger partial charge in [-0.1, -0.05) is 46.7 Å². The number of fused-ring (bicyclic) bond motifs is 1. The van der Waals surface area contributed by atoms with Crippen molar-refractivity contribution >= 4 is 75.1 Å². The molecular weight excluding hydrogens is 834 g/mol. The number of hydrogen-bond donors (Lipinski definition) is 0. The highest BCUT2D eigenvalue weighted by molar-refractivity contribution is 14.1. The molecule has 1 aromatic heterocycles. The van der Waals surface area contributed by atoms with Gasteiger partial charge in [0.1, 0.15) is 6.61 Å². The van der Waals surface area contributed by atoms with E-state index < -0.39 is 23.5 Å². The zero-order valence-corrected chi connectivity index (χ0v) is 32.7. The Balaban J connectivity index is 1.65. The smallest absolute Gasteiger partial charge is 0.343 e. The number of carbonyl (C=O) groups is 2. The van der Waals surface area contributed by atoms with Crippen molar-refractivity contribution < 1.29 is 38.0 Å². The van der Waals surface area contributed by atoms with Gasteiger partial charge in [-0.15, -0.1) is 0 Å². The van der Waals surface area contributed by atoms with Crippen molar-refractivity contribution in [1.82, 2.24) is 4.57 Å². The predicted molar refractivity (Wildman–Crippen MR) is 202 cm³/mol. The number of thiazole rings is 1. The summed E-state index contributed by atoms with van der Waals surface area (Å²) in [6.45, 7) is 5.44. The monoisotopic (exact) mass is 866 g/mol. The fourth-order valence-electron chi connectivity index (χ4n) is 5.31. The number of rotatable bonds is 13. The molecule has 3 aromatic carbocycles. The van der Waals surface area contributed by atoms with E-state index in [4.69, 9.17) is 51.6 Å². The van der Waals surface area contributed by atoms with Gasteiger partial charge in [0.05, 0.1) is 59.3 Å². The number of allylic oxidation sites excluding steroid dienone is 1. The highest BCUT2D eigenvalue weighted by Gasteiger charge is 2.34. The fraction of sp³-hybridized carbons (Fsp3) is 0.278. The van der Waals surface area contributed by atoms with Crippen molar-refractivity contribution in [3.63, 3.8) is 0 Å². The molecule has 0 amide bonds. The van der Waals surface area contributed by atoms with Gasteiger partial charge in [-0.2, -0.15) is 0 Å². The molecule has 0 aliphatic carbocycles. The molecule has 1 atom stereocenters. The predicted octanol–water partition coefficient (Wildman–Crippen LogP) is 6.25. The summed E-state index contributed by atoms with van der Waals surface area (Å²) >= 11 is 15.7. The Kier molecular flexibility index (Phi) is 12.7. The lowest BCUT2D eigenvalue weighted by Gasteiger charge is -2.25. The first-order valence-electron chi connectivity index (χ1n) is 15.6. The van der Waals surface area contributed by atoms with Crippen LogP contribution in [0, 0.1) is 3.57 Å². The van der Waals surface area contributed by atoms with E-state index in [0.29, 0.717) is 53.5 Å². The van der Waals surface area contributed by atoms with Crippen LogP contribution in [0.4, 0.5) is 0 Å². The highest BCUT2D eigenvalue weighted by atomic mass is 127. The molecule has 0 saturated heterocycles. The lowest BCUT2D eigenvalue weighted by molar-refractivity contribution is -0.143. The van der Waals surface area contributed by atoms with Gasteiger partial charge in [0.15, 0.2) is 34.4 Å². The number of halogens is 3. The summed E-state index contributed by atoms with van der Waals surface area (Å²) in [5, 5.41) is 0.831. The van der Waals surface area contributed by atoms with Crippen molar-refractivity contribution in [2.45, 2.75) is 33.4 Å². The number of ether oxygens (including phenoxy) is 6. The molecule has 0 bridgehead atoms. The standard InChI is InChI=1S/C36H33Cl2IN2O9S/c1-6-47-27-14-21(9-11-26(27)49-18-30(42)46-5)32-31(35(44)48-7-2)19(3)40-36-41(32)34(43)29(51-36)15-22-13-23(39)16-28(45-4)33(22)50-17-20-8-10-24(37)25(38)12-20/h8-16,32H,6-7,17-18H2,1-5H3/b29-15+/t32-/m1/s1. The van der Waals surface area contributed by atoms with Crippen LogP contribution in [0.5, 0.6) is 23.0 Å². The molecule has 0 saturated carbocycles. The zero-order chi connectivity index (χ0) is 36.8. The molecule has 0 radical (unpaired) electrons. The molecule has 51 heavy (non-hydrogen) atoms. The van der Waals surface area contributed by atoms with Crippen LogP contribution in [0.1, 0.15) is 43.5 Å². The van der Waals surface area contributed by atoms with E-state index in [-0.39, 0.29) is 37.8 Å². The minimum atomic E-state index is -0.924. The van der Waals surface area contributed by atoms with E-state index in [1.807, 2.05) is 18.2 Å². The van der Waals surface area contributed by atoms with Crippen LogP contribution in [0.15, 0.2) is 69.6 Å². The Morgan fingerprint density at radius 3 is 2.43 bits per heavy atom. The first-order chi connectivity index (χ1) is 24.5. The van der Waals surface area contributed by atoms with Gasteiger partial charge in [-0.05, 0) is 97.0 Å². The molecule has 1 aliphatic heterocycles. The van der Waals surface area contributed by atoms with Gasteiger partial charge in [-0.25, -0.2) is 14.6 Å². The normalized spacial score (nSPS) is 14.0. The molecule has 15 heteroatoms. The SMILES string of the molecule is CCOC(=O)C1=C(C)N=c2s/c(=C/c3cc(I)cc(OC)c3OCc3ccc(Cl)c(Cl)c3)c(=O)n2[C@@H]1c1ccc(OCC(=O)OC)c(OCC)c1. The van der Waals surface area contributed by atoms with Crippen LogP contribution in [0.2, 0.25) is 10.0 Å². The number of benzene rings is 3. The summed E-state index contributed by atoms with van der Waals surface area (Å²) in [7, 11) is 2.80. The van der Waals surface area contributed by atoms with Crippen LogP contribution in [0.25, 0.3) is 6.08 Å². The summed E-state index contributed by atoms with van der Waals surface area (Å²) < 4.78 is 36.2. The van der Waals surface area contributed by atoms with Crippen LogP contribution in [0.3, 0.4) is 0 Å². The summed E-state index contributed by atoms with van der Waals surface area (Å²) in [5.41, 5.74) is 2.11. The Morgan fingerprint density at radius 1 is 0.961 bits per heavy atom. The van der Waals surface area contributed by atoms with Crippen LogP contribution < -0.4 is 33.8 Å². The Labute approximate surface area is 321 Å². The van der Waals surface area contributed by atoms with Gasteiger partial charge in [0, 0.05) is 9.13 Å². The molecule has 0 fully saturated rings. The summed E-state index contributed by atoms with van der Waals surface area (Å²) in [5.74, 6) is 0.315. The molecular formula is C36H33Cl2IN2O9S. The van der Waals surface area contributed by atoms with E-state index in [0.717, 1.165) is 9.13 Å². The third kappa shape index (κ3) is 8.54. The third-order valence-electron chi connectivity index (χ3n) is 7.60. The second-order valence-electron chi connectivity index (χ2n) is 10.9. The summed E-state index contributed by atoms with van der Waals surface area (Å²) in [6, 6.07) is 13.0. The molecule has 1 aliphatic rings. The number of nitrogens with zero attached hydrogens (tertiary/aromatic N) is 2. The summed E-state index contributed by atoms with van der Waals surface area (Å²) in [4.78, 5) is 44.7. The fourth-order valence-corrected chi connectivity index (χ4v) is 7.29. The van der Waals surface area contributed by atoms with Gasteiger partial charge in [-0.3, -0.25) is 9.36 Å². The Morgan fingerprint density at radius 2 is 1.75 bits per heavy atom. The average Bonchev–Trinajstić information content (AvgIpc) is 3.41. The minimum Gasteiger partial charge on any atom is -0.493 e. The maximum atomic E-state index is 14.4. The molecule has 268 valence electrons. The molecule has 11 nitrogen and oxygen atoms in total. The van der Waals surface area contributed by atoms with Gasteiger partial charge >= 0.3 is 11.9 Å². The molecule has 4 aromatic rings. The quantitative estimate of drug-likeness (QED) is 0.113. The number of carbonyl (C=O) groups excluding carboxylic acids is 2. The van der Waals surface area contributed by atoms with E-state index in [2.05, 4.69) is 27.6 Å². The van der Waals surface area contributed by atoms with Crippen molar-refractivity contribution in [1.29, 1.82) is 0 Å². The van der Waals surface area contributed by atoms with Crippen molar-refractivity contribution in [2.24, 2.45) is 4.99 Å². The molecule has 0 unspecified atom stereocenters. The Hall–Kier alpha value is -4.05. The van der Waals surface area contributed by atoms with Crippen molar-refractivity contribution in [3.05, 3.63) is 110 Å². The number of hydrogen-bond acceptors (Lipinski definition) is 11. The summed E-state index contributed by atoms with van der Waals surface area (Å²) in [6.07, 6.45) is 1.72. The Bertz CT molecular complexity index is 2200. The van der Waals surface area contributed by atoms with Crippen LogP contribution in [-0.4, -0.2) is 50.5 Å². The lowest BCUT2D eigenvalue weighted by Crippen LogP contribution is -2.40. The molecule has 2 heterocycles. The topological polar surface area (TPSA) is 124 Å². The van der Waals surface area contributed by atoms with Gasteiger partial charge in [0.2, 0.25) is 0 Å². The van der Waals surface area contributed by atoms with Crippen LogP contribution >= 0.6 is 57.1 Å². The number of esters is 2. The maximum absolute atomic E-state index is 14.4. The average molecular weight is 868 g/mol. The zero-order valence-electron chi connectivity index (χ0n) is 28.2. The molecule has 0 N–H and O–H groups in total. The largest absolute Gasteiger partial charge is 0.493 e. The molecule has 0 spiro atoms. The van der Waals surface area contributed by atoms with Crippen molar-refractivity contribution in [2.75, 3.05) is 34.0 Å². The third-order valence-corrected chi connectivity index (χ3v) is 9.94. The van der Waals surface area contributed by atoms with Gasteiger partial charge < -0.3 is 28.4 Å². The van der Waals surface area contributed by atoms with Crippen LogP contribution in [-0.2, 0) is 25.7 Å². The number of methoxy groups -OCH3 is 2. The minimum absolute atomic E-state index is 0.122. The second-order valence-corrected chi connectivity index (χ2v) is 13.9. The highest BCUT2D eigenvalue weighted by Crippen LogP contribution is 2.37. The maximum Gasteiger partial charge on any atom is 0.343 e. The van der Waals surface area contributed by atoms with E-state index in [9.17, 15) is 14.4 Å². The second kappa shape index (κ2) is 17.0. The lowest BCUT2D eigenvalue weighted by atomic mass is 9.95. The molecule has 5 rings (SSSR count). The van der Waals surface area contributed by atoms with E-state index in [1.165, 1.54) is 30.1 Å². The van der Waals surface area contributed by atoms with Gasteiger partial charge in [0.25, 0.3) is 5.56 Å². The van der Waals surface area contributed by atoms with E-state index >= 15 is 0 Å². The first-order valence-corrected chi connectivity index (χ1v) is 18.2.